The largest absolute Gasteiger partial charge is 0.481 e. The quantitative estimate of drug-likeness (QED) is 0.444. The summed E-state index contributed by atoms with van der Waals surface area (Å²) in [5.74, 6) is -1.67. The van der Waals surface area contributed by atoms with E-state index in [0.717, 1.165) is 10.6 Å². The van der Waals surface area contributed by atoms with Crippen LogP contribution in [0.1, 0.15) is 37.4 Å². The summed E-state index contributed by atoms with van der Waals surface area (Å²) >= 11 is 0. The van der Waals surface area contributed by atoms with E-state index in [1.807, 2.05) is 6.92 Å². The van der Waals surface area contributed by atoms with Crippen molar-refractivity contribution in [3.05, 3.63) is 47.4 Å². The van der Waals surface area contributed by atoms with Gasteiger partial charge in [0, 0.05) is 24.6 Å². The molecule has 0 radical (unpaired) electrons. The van der Waals surface area contributed by atoms with Gasteiger partial charge in [0.15, 0.2) is 0 Å². The van der Waals surface area contributed by atoms with E-state index in [-0.39, 0.29) is 12.4 Å². The minimum atomic E-state index is -3.64. The Bertz CT molecular complexity index is 1110. The number of aromatic nitrogens is 2. The molecule has 0 fully saturated rings. The Morgan fingerprint density at radius 1 is 1.21 bits per heavy atom. The molecule has 0 saturated heterocycles. The Morgan fingerprint density at radius 2 is 1.85 bits per heavy atom. The number of sulfonamides is 1. The van der Waals surface area contributed by atoms with Crippen LogP contribution in [-0.2, 0) is 21.2 Å². The molecule has 0 amide bonds. The standard InChI is InChI=1S/C22H28FN3O6S/c1-4-5-19-18(11-10-16(27)12-17(28)13-20(29)30)21(14-6-8-15(23)9-7-14)25-22(24-19)26(2)33(3,31)32/h6-11,16-17,27-28H,4-5,12-13H2,1-3H3,(H,29,30)/b11-10+/t16-,17-/m1/s1. The van der Waals surface area contributed by atoms with Crippen LogP contribution in [-0.4, -0.2) is 65.2 Å². The summed E-state index contributed by atoms with van der Waals surface area (Å²) in [4.78, 5) is 19.5. The molecule has 9 nitrogen and oxygen atoms in total. The van der Waals surface area contributed by atoms with Gasteiger partial charge in [-0.1, -0.05) is 25.5 Å². The molecule has 2 aromatic rings. The van der Waals surface area contributed by atoms with Crippen molar-refractivity contribution in [2.24, 2.45) is 0 Å². The fourth-order valence-corrected chi connectivity index (χ4v) is 3.45. The molecule has 0 unspecified atom stereocenters. The number of benzene rings is 1. The van der Waals surface area contributed by atoms with Crippen LogP contribution in [0, 0.1) is 5.82 Å². The van der Waals surface area contributed by atoms with Gasteiger partial charge in [0.1, 0.15) is 5.82 Å². The van der Waals surface area contributed by atoms with Gasteiger partial charge in [-0.3, -0.25) is 4.79 Å². The van der Waals surface area contributed by atoms with Gasteiger partial charge in [-0.05, 0) is 30.7 Å². The third-order valence-corrected chi connectivity index (χ3v) is 5.96. The van der Waals surface area contributed by atoms with Crippen LogP contribution in [0.25, 0.3) is 17.3 Å². The number of aryl methyl sites for hydroxylation is 1. The number of halogens is 1. The van der Waals surface area contributed by atoms with Gasteiger partial charge < -0.3 is 15.3 Å². The van der Waals surface area contributed by atoms with Crippen LogP contribution in [0.3, 0.4) is 0 Å². The number of aliphatic hydroxyl groups is 2. The molecular formula is C22H28FN3O6S. The van der Waals surface area contributed by atoms with Crippen molar-refractivity contribution < 1.29 is 32.9 Å². The van der Waals surface area contributed by atoms with E-state index >= 15 is 0 Å². The van der Waals surface area contributed by atoms with Crippen molar-refractivity contribution >= 4 is 28.0 Å². The van der Waals surface area contributed by atoms with Crippen molar-refractivity contribution in [2.75, 3.05) is 17.6 Å². The number of carboxylic acids is 1. The first kappa shape index (κ1) is 26.4. The second-order valence-electron chi connectivity index (χ2n) is 7.63. The molecule has 0 spiro atoms. The molecule has 3 N–H and O–H groups in total. The number of carbonyl (C=O) groups is 1. The predicted molar refractivity (Wildman–Crippen MR) is 123 cm³/mol. The monoisotopic (exact) mass is 481 g/mol. The molecule has 180 valence electrons. The number of nitrogens with zero attached hydrogens (tertiary/aromatic N) is 3. The van der Waals surface area contributed by atoms with Crippen LogP contribution in [0.4, 0.5) is 10.3 Å². The lowest BCUT2D eigenvalue weighted by Crippen LogP contribution is -2.27. The zero-order valence-corrected chi connectivity index (χ0v) is 19.5. The van der Waals surface area contributed by atoms with Gasteiger partial charge in [-0.2, -0.15) is 0 Å². The van der Waals surface area contributed by atoms with Crippen molar-refractivity contribution in [3.8, 4) is 11.3 Å². The average molecular weight is 482 g/mol. The number of aliphatic hydroxyl groups excluding tert-OH is 2. The molecule has 0 bridgehead atoms. The number of rotatable bonds is 11. The number of carboxylic acid groups (broad SMARTS) is 1. The predicted octanol–water partition coefficient (Wildman–Crippen LogP) is 2.23. The molecule has 1 aromatic heterocycles. The highest BCUT2D eigenvalue weighted by molar-refractivity contribution is 7.92. The van der Waals surface area contributed by atoms with E-state index in [2.05, 4.69) is 9.97 Å². The van der Waals surface area contributed by atoms with Crippen LogP contribution in [0.2, 0.25) is 0 Å². The van der Waals surface area contributed by atoms with Crippen LogP contribution < -0.4 is 4.31 Å². The second-order valence-corrected chi connectivity index (χ2v) is 9.65. The Labute approximate surface area is 192 Å². The summed E-state index contributed by atoms with van der Waals surface area (Å²) in [6.45, 7) is 1.92. The van der Waals surface area contributed by atoms with Crippen molar-refractivity contribution in [1.29, 1.82) is 0 Å². The van der Waals surface area contributed by atoms with Gasteiger partial charge in [0.25, 0.3) is 0 Å². The smallest absolute Gasteiger partial charge is 0.305 e. The summed E-state index contributed by atoms with van der Waals surface area (Å²) in [7, 11) is -2.31. The fourth-order valence-electron chi connectivity index (χ4n) is 3.07. The lowest BCUT2D eigenvalue weighted by Gasteiger charge is -2.19. The van der Waals surface area contributed by atoms with Crippen molar-refractivity contribution in [1.82, 2.24) is 9.97 Å². The topological polar surface area (TPSA) is 141 Å². The summed E-state index contributed by atoms with van der Waals surface area (Å²) in [6, 6.07) is 5.51. The van der Waals surface area contributed by atoms with E-state index in [9.17, 15) is 27.8 Å². The number of hydrogen-bond donors (Lipinski definition) is 3. The molecule has 0 aliphatic rings. The number of hydrogen-bond acceptors (Lipinski definition) is 7. The molecule has 11 heteroatoms. The zero-order chi connectivity index (χ0) is 24.8. The Balaban J connectivity index is 2.58. The Morgan fingerprint density at radius 3 is 2.39 bits per heavy atom. The SMILES string of the molecule is CCCc1nc(N(C)S(C)(=O)=O)nc(-c2ccc(F)cc2)c1/C=C/[C@@H](O)C[C@@H](O)CC(=O)O. The lowest BCUT2D eigenvalue weighted by molar-refractivity contribution is -0.139. The van der Waals surface area contributed by atoms with E-state index in [4.69, 9.17) is 5.11 Å². The van der Waals surface area contributed by atoms with Gasteiger partial charge in [-0.25, -0.2) is 27.1 Å². The molecule has 0 aliphatic carbocycles. The highest BCUT2D eigenvalue weighted by atomic mass is 32.2. The second kappa shape index (κ2) is 11.3. The zero-order valence-electron chi connectivity index (χ0n) is 18.6. The summed E-state index contributed by atoms with van der Waals surface area (Å²) in [5, 5.41) is 28.8. The van der Waals surface area contributed by atoms with Gasteiger partial charge >= 0.3 is 5.97 Å². The van der Waals surface area contributed by atoms with Crippen LogP contribution in [0.15, 0.2) is 30.3 Å². The first-order valence-corrected chi connectivity index (χ1v) is 12.1. The highest BCUT2D eigenvalue weighted by Gasteiger charge is 2.21. The summed E-state index contributed by atoms with van der Waals surface area (Å²) < 4.78 is 38.6. The third kappa shape index (κ3) is 7.58. The van der Waals surface area contributed by atoms with E-state index in [1.165, 1.54) is 37.4 Å². The van der Waals surface area contributed by atoms with Crippen molar-refractivity contribution in [2.45, 2.75) is 44.8 Å². The molecule has 1 aromatic carbocycles. The first-order chi connectivity index (χ1) is 15.4. The Hall–Kier alpha value is -2.89. The molecule has 1 heterocycles. The van der Waals surface area contributed by atoms with Gasteiger partial charge in [0.05, 0.1) is 36.3 Å². The summed E-state index contributed by atoms with van der Waals surface area (Å²) in [6.07, 6.45) is 2.06. The van der Waals surface area contributed by atoms with E-state index in [1.54, 1.807) is 6.08 Å². The molecule has 0 saturated carbocycles. The molecule has 0 aliphatic heterocycles. The maximum absolute atomic E-state index is 13.5. The van der Waals surface area contributed by atoms with Gasteiger partial charge in [0.2, 0.25) is 16.0 Å². The number of aliphatic carboxylic acids is 1. The molecular weight excluding hydrogens is 453 g/mol. The van der Waals surface area contributed by atoms with Gasteiger partial charge in [-0.15, -0.1) is 0 Å². The minimum absolute atomic E-state index is 0.0464. The maximum atomic E-state index is 13.5. The highest BCUT2D eigenvalue weighted by Crippen LogP contribution is 2.29. The third-order valence-electron chi connectivity index (χ3n) is 4.81. The number of anilines is 1. The fraction of sp³-hybridized carbons (Fsp3) is 0.409. The normalized spacial score (nSPS) is 13.8. The molecule has 2 atom stereocenters. The Kier molecular flexibility index (Phi) is 9.03. The molecule has 33 heavy (non-hydrogen) atoms. The maximum Gasteiger partial charge on any atom is 0.305 e. The summed E-state index contributed by atoms with van der Waals surface area (Å²) in [5.41, 5.74) is 1.88. The van der Waals surface area contributed by atoms with Crippen molar-refractivity contribution in [3.63, 3.8) is 0 Å². The van der Waals surface area contributed by atoms with E-state index in [0.29, 0.717) is 35.4 Å². The molecule has 2 rings (SSSR count). The average Bonchev–Trinajstić information content (AvgIpc) is 2.71. The minimum Gasteiger partial charge on any atom is -0.481 e. The van der Waals surface area contributed by atoms with E-state index < -0.39 is 40.4 Å². The first-order valence-electron chi connectivity index (χ1n) is 10.3. The lowest BCUT2D eigenvalue weighted by atomic mass is 10.00. The van der Waals surface area contributed by atoms with Crippen LogP contribution in [0.5, 0.6) is 0 Å². The van der Waals surface area contributed by atoms with Crippen LogP contribution >= 0.6 is 0 Å².